The summed E-state index contributed by atoms with van der Waals surface area (Å²) in [5.74, 6) is 0.397. The standard InChI is InChI=1S/C24H25ClN2O3S2/c1-17-15-19(16-31-22-7-5-4-6-8-22)9-14-23(17)26-24(28)18(2)27(32(3,29)30)21-12-10-20(25)11-13-21/h4-15,18H,16H2,1-3H3,(H,26,28)/t18-/m1/s1. The van der Waals surface area contributed by atoms with Crippen LogP contribution < -0.4 is 9.62 Å². The van der Waals surface area contributed by atoms with Gasteiger partial charge in [0.15, 0.2) is 0 Å². The van der Waals surface area contributed by atoms with Crippen molar-refractivity contribution in [2.75, 3.05) is 15.9 Å². The molecule has 5 nitrogen and oxygen atoms in total. The molecule has 0 saturated carbocycles. The molecule has 0 bridgehead atoms. The zero-order chi connectivity index (χ0) is 23.3. The van der Waals surface area contributed by atoms with Gasteiger partial charge in [-0.1, -0.05) is 41.9 Å². The third kappa shape index (κ3) is 6.28. The number of anilines is 2. The summed E-state index contributed by atoms with van der Waals surface area (Å²) in [6.07, 6.45) is 1.08. The van der Waals surface area contributed by atoms with Crippen molar-refractivity contribution in [2.45, 2.75) is 30.5 Å². The van der Waals surface area contributed by atoms with E-state index in [1.165, 1.54) is 4.90 Å². The fraction of sp³-hybridized carbons (Fsp3) is 0.208. The first-order chi connectivity index (χ1) is 15.1. The van der Waals surface area contributed by atoms with Crippen LogP contribution in [0, 0.1) is 6.92 Å². The van der Waals surface area contributed by atoms with Crippen molar-refractivity contribution in [2.24, 2.45) is 0 Å². The number of carbonyl (C=O) groups excluding carboxylic acids is 1. The molecule has 0 spiro atoms. The van der Waals surface area contributed by atoms with Crippen LogP contribution in [0.2, 0.25) is 5.02 Å². The third-order valence-corrected chi connectivity index (χ3v) is 7.44. The van der Waals surface area contributed by atoms with Crippen LogP contribution in [-0.4, -0.2) is 26.6 Å². The van der Waals surface area contributed by atoms with Gasteiger partial charge in [0, 0.05) is 21.4 Å². The minimum atomic E-state index is -3.69. The maximum absolute atomic E-state index is 12.9. The molecule has 0 fully saturated rings. The highest BCUT2D eigenvalue weighted by molar-refractivity contribution is 7.98. The summed E-state index contributed by atoms with van der Waals surface area (Å²) >= 11 is 7.66. The number of thioether (sulfide) groups is 1. The van der Waals surface area contributed by atoms with Crippen LogP contribution in [0.3, 0.4) is 0 Å². The average Bonchev–Trinajstić information content (AvgIpc) is 2.75. The number of amides is 1. The molecule has 0 aliphatic heterocycles. The molecular formula is C24H25ClN2O3S2. The average molecular weight is 489 g/mol. The zero-order valence-corrected chi connectivity index (χ0v) is 20.5. The van der Waals surface area contributed by atoms with Crippen LogP contribution in [0.15, 0.2) is 77.7 Å². The van der Waals surface area contributed by atoms with E-state index in [0.717, 1.165) is 27.4 Å². The Morgan fingerprint density at radius 1 is 1.06 bits per heavy atom. The number of nitrogens with zero attached hydrogens (tertiary/aromatic N) is 1. The molecule has 0 heterocycles. The van der Waals surface area contributed by atoms with Gasteiger partial charge in [-0.2, -0.15) is 0 Å². The van der Waals surface area contributed by atoms with Crippen molar-refractivity contribution >= 4 is 50.7 Å². The van der Waals surface area contributed by atoms with Gasteiger partial charge in [-0.3, -0.25) is 9.10 Å². The number of benzene rings is 3. The van der Waals surface area contributed by atoms with E-state index in [1.807, 2.05) is 43.3 Å². The fourth-order valence-corrected chi connectivity index (χ4v) is 5.44. The van der Waals surface area contributed by atoms with Crippen molar-refractivity contribution < 1.29 is 13.2 Å². The van der Waals surface area contributed by atoms with Gasteiger partial charge in [0.25, 0.3) is 0 Å². The number of nitrogens with one attached hydrogen (secondary N) is 1. The number of carbonyl (C=O) groups is 1. The van der Waals surface area contributed by atoms with E-state index in [-0.39, 0.29) is 0 Å². The lowest BCUT2D eigenvalue weighted by Gasteiger charge is -2.28. The first kappa shape index (κ1) is 24.2. The molecule has 0 radical (unpaired) electrons. The highest BCUT2D eigenvalue weighted by atomic mass is 35.5. The van der Waals surface area contributed by atoms with E-state index in [1.54, 1.807) is 43.0 Å². The molecule has 1 atom stereocenters. The van der Waals surface area contributed by atoms with E-state index in [0.29, 0.717) is 16.4 Å². The molecule has 1 N–H and O–H groups in total. The van der Waals surface area contributed by atoms with Crippen LogP contribution >= 0.6 is 23.4 Å². The number of aryl methyl sites for hydroxylation is 1. The molecule has 0 aliphatic rings. The Balaban J connectivity index is 1.72. The lowest BCUT2D eigenvalue weighted by atomic mass is 10.1. The third-order valence-electron chi connectivity index (χ3n) is 4.87. The van der Waals surface area contributed by atoms with Crippen molar-refractivity contribution in [3.05, 3.63) is 88.9 Å². The van der Waals surface area contributed by atoms with Crippen LogP contribution in [0.4, 0.5) is 11.4 Å². The minimum Gasteiger partial charge on any atom is -0.324 e. The summed E-state index contributed by atoms with van der Waals surface area (Å²) in [6, 6.07) is 21.4. The van der Waals surface area contributed by atoms with Gasteiger partial charge in [-0.05, 0) is 67.4 Å². The highest BCUT2D eigenvalue weighted by Gasteiger charge is 2.29. The molecule has 3 aromatic carbocycles. The van der Waals surface area contributed by atoms with Gasteiger partial charge >= 0.3 is 0 Å². The molecule has 0 unspecified atom stereocenters. The molecule has 8 heteroatoms. The summed E-state index contributed by atoms with van der Waals surface area (Å²) in [7, 11) is -3.69. The quantitative estimate of drug-likeness (QED) is 0.411. The van der Waals surface area contributed by atoms with Gasteiger partial charge in [0.1, 0.15) is 6.04 Å². The van der Waals surface area contributed by atoms with Crippen LogP contribution in [-0.2, 0) is 20.6 Å². The van der Waals surface area contributed by atoms with E-state index >= 15 is 0 Å². The predicted octanol–water partition coefficient (Wildman–Crippen LogP) is 5.73. The first-order valence-electron chi connectivity index (χ1n) is 9.98. The lowest BCUT2D eigenvalue weighted by Crippen LogP contribution is -2.45. The Kier molecular flexibility index (Phi) is 7.87. The topological polar surface area (TPSA) is 66.5 Å². The molecule has 3 rings (SSSR count). The molecule has 0 saturated heterocycles. The number of hydrogen-bond donors (Lipinski definition) is 1. The number of hydrogen-bond acceptors (Lipinski definition) is 4. The number of sulfonamides is 1. The first-order valence-corrected chi connectivity index (χ1v) is 13.2. The molecule has 168 valence electrons. The maximum atomic E-state index is 12.9. The Bertz CT molecular complexity index is 1180. The highest BCUT2D eigenvalue weighted by Crippen LogP contribution is 2.26. The second-order valence-corrected chi connectivity index (χ2v) is 10.8. The Labute approximate surface area is 198 Å². The zero-order valence-electron chi connectivity index (χ0n) is 18.1. The number of rotatable bonds is 8. The molecule has 0 aromatic heterocycles. The van der Waals surface area contributed by atoms with Gasteiger partial charge < -0.3 is 5.32 Å². The van der Waals surface area contributed by atoms with Crippen LogP contribution in [0.25, 0.3) is 0 Å². The Morgan fingerprint density at radius 2 is 1.72 bits per heavy atom. The SMILES string of the molecule is Cc1cc(CSc2ccccc2)ccc1NC(=O)[C@@H](C)N(c1ccc(Cl)cc1)S(C)(=O)=O. The molecule has 32 heavy (non-hydrogen) atoms. The van der Waals surface area contributed by atoms with Gasteiger partial charge in [-0.25, -0.2) is 8.42 Å². The van der Waals surface area contributed by atoms with E-state index in [2.05, 4.69) is 17.4 Å². The van der Waals surface area contributed by atoms with Gasteiger partial charge in [-0.15, -0.1) is 11.8 Å². The van der Waals surface area contributed by atoms with Crippen LogP contribution in [0.5, 0.6) is 0 Å². The van der Waals surface area contributed by atoms with Crippen LogP contribution in [0.1, 0.15) is 18.1 Å². The fourth-order valence-electron chi connectivity index (χ4n) is 3.27. The largest absolute Gasteiger partial charge is 0.324 e. The Hall–Kier alpha value is -2.48. The molecular weight excluding hydrogens is 464 g/mol. The summed E-state index contributed by atoms with van der Waals surface area (Å²) in [6.45, 7) is 3.48. The molecule has 0 aliphatic carbocycles. The summed E-state index contributed by atoms with van der Waals surface area (Å²) in [5.41, 5.74) is 3.08. The normalized spacial score (nSPS) is 12.2. The molecule has 3 aromatic rings. The van der Waals surface area contributed by atoms with E-state index in [4.69, 9.17) is 11.6 Å². The number of halogens is 1. The monoisotopic (exact) mass is 488 g/mol. The van der Waals surface area contributed by atoms with Crippen molar-refractivity contribution in [1.29, 1.82) is 0 Å². The second-order valence-electron chi connectivity index (χ2n) is 7.45. The van der Waals surface area contributed by atoms with Crippen molar-refractivity contribution in [3.63, 3.8) is 0 Å². The summed E-state index contributed by atoms with van der Waals surface area (Å²) in [5, 5.41) is 3.35. The van der Waals surface area contributed by atoms with E-state index < -0.39 is 22.0 Å². The Morgan fingerprint density at radius 3 is 2.31 bits per heavy atom. The lowest BCUT2D eigenvalue weighted by molar-refractivity contribution is -0.116. The van der Waals surface area contributed by atoms with E-state index in [9.17, 15) is 13.2 Å². The smallest absolute Gasteiger partial charge is 0.248 e. The van der Waals surface area contributed by atoms with Gasteiger partial charge in [0.05, 0.1) is 11.9 Å². The van der Waals surface area contributed by atoms with Crippen molar-refractivity contribution in [3.8, 4) is 0 Å². The van der Waals surface area contributed by atoms with Gasteiger partial charge in [0.2, 0.25) is 15.9 Å². The predicted molar refractivity (Wildman–Crippen MR) is 134 cm³/mol. The summed E-state index contributed by atoms with van der Waals surface area (Å²) < 4.78 is 25.9. The molecule has 1 amide bonds. The summed E-state index contributed by atoms with van der Waals surface area (Å²) in [4.78, 5) is 14.1. The minimum absolute atomic E-state index is 0.379. The maximum Gasteiger partial charge on any atom is 0.248 e. The van der Waals surface area contributed by atoms with Crippen molar-refractivity contribution in [1.82, 2.24) is 0 Å². The second kappa shape index (κ2) is 10.4.